The van der Waals surface area contributed by atoms with Gasteiger partial charge in [-0.25, -0.2) is 9.11 Å². The predicted octanol–water partition coefficient (Wildman–Crippen LogP) is 1.95. The van der Waals surface area contributed by atoms with Gasteiger partial charge in [0.1, 0.15) is 16.2 Å². The summed E-state index contributed by atoms with van der Waals surface area (Å²) < 4.78 is 11.3. The molecule has 0 radical (unpaired) electrons. The van der Waals surface area contributed by atoms with Gasteiger partial charge in [0.05, 0.1) is 5.41 Å². The molecule has 2 amide bonds. The van der Waals surface area contributed by atoms with Gasteiger partial charge in [0.25, 0.3) is 5.91 Å². The van der Waals surface area contributed by atoms with E-state index in [4.69, 9.17) is 0 Å². The number of benzene rings is 1. The van der Waals surface area contributed by atoms with E-state index in [-0.39, 0.29) is 28.1 Å². The second kappa shape index (κ2) is 4.98. The molecule has 2 rings (SSSR count). The number of hydrogen-bond donors (Lipinski definition) is 0. The molecule has 4 nitrogen and oxygen atoms in total. The van der Waals surface area contributed by atoms with E-state index in [0.29, 0.717) is 11.1 Å². The van der Waals surface area contributed by atoms with Crippen molar-refractivity contribution in [3.63, 3.8) is 0 Å². The van der Waals surface area contributed by atoms with Crippen molar-refractivity contribution < 1.29 is 13.8 Å². The Hall–Kier alpha value is -1.75. The Balaban J connectivity index is 2.69. The van der Waals surface area contributed by atoms with Crippen LogP contribution in [0.1, 0.15) is 43.6 Å². The van der Waals surface area contributed by atoms with Crippen LogP contribution < -0.4 is 0 Å². The zero-order chi connectivity index (χ0) is 15.1. The minimum absolute atomic E-state index is 0.175. The van der Waals surface area contributed by atoms with Gasteiger partial charge in [-0.3, -0.25) is 9.59 Å². The van der Waals surface area contributed by atoms with Crippen molar-refractivity contribution in [3.05, 3.63) is 35.4 Å². The molecule has 1 aromatic carbocycles. The van der Waals surface area contributed by atoms with Crippen LogP contribution in [0.15, 0.2) is 24.3 Å². The lowest BCUT2D eigenvalue weighted by atomic mass is 9.77. The Labute approximate surface area is 121 Å². The third kappa shape index (κ3) is 2.02. The fraction of sp³-hybridized carbons (Fsp3) is 0.400. The van der Waals surface area contributed by atoms with E-state index < -0.39 is 11.3 Å². The van der Waals surface area contributed by atoms with Crippen LogP contribution in [0.4, 0.5) is 0 Å². The van der Waals surface area contributed by atoms with Crippen LogP contribution in [-0.2, 0) is 21.5 Å². The molecular weight excluding hydrogens is 274 g/mol. The summed E-state index contributed by atoms with van der Waals surface area (Å²) in [5.74, 6) is -0.920. The fourth-order valence-corrected chi connectivity index (χ4v) is 2.85. The van der Waals surface area contributed by atoms with Crippen molar-refractivity contribution in [1.29, 1.82) is 0 Å². The van der Waals surface area contributed by atoms with E-state index in [9.17, 15) is 13.8 Å². The molecule has 0 unspecified atom stereocenters. The Kier molecular flexibility index (Phi) is 3.65. The summed E-state index contributed by atoms with van der Waals surface area (Å²) in [6, 6.07) is 7.07. The number of carbonyl (C=O) groups excluding carboxylic acids is 2. The first kappa shape index (κ1) is 14.7. The van der Waals surface area contributed by atoms with Crippen LogP contribution in [-0.4, -0.2) is 25.9 Å². The first-order valence-electron chi connectivity index (χ1n) is 6.47. The maximum atomic E-state index is 12.7. The average molecular weight is 291 g/mol. The second-order valence-electron chi connectivity index (χ2n) is 5.69. The largest absolute Gasteiger partial charge is 0.273 e. The van der Waals surface area contributed by atoms with Crippen LogP contribution in [0.25, 0.3) is 0 Å². The molecule has 1 aromatic rings. The highest BCUT2D eigenvalue weighted by molar-refractivity contribution is 7.66. The van der Waals surface area contributed by atoms with Crippen molar-refractivity contribution in [2.75, 3.05) is 0 Å². The van der Waals surface area contributed by atoms with Crippen LogP contribution >= 0.6 is 0 Å². The number of rotatable bonds is 1. The molecule has 0 saturated heterocycles. The highest BCUT2D eigenvalue weighted by atomic mass is 32.1. The quantitative estimate of drug-likeness (QED) is 0.587. The van der Waals surface area contributed by atoms with Gasteiger partial charge in [0, 0.05) is 11.5 Å². The Morgan fingerprint density at radius 2 is 1.80 bits per heavy atom. The van der Waals surface area contributed by atoms with Crippen molar-refractivity contribution in [2.24, 2.45) is 5.92 Å². The Morgan fingerprint density at radius 3 is 2.35 bits per heavy atom. The van der Waals surface area contributed by atoms with Crippen LogP contribution in [0, 0.1) is 5.92 Å². The summed E-state index contributed by atoms with van der Waals surface area (Å²) in [7, 11) is 0. The summed E-state index contributed by atoms with van der Waals surface area (Å²) >= 11 is 0.218. The molecule has 0 atom stereocenters. The molecule has 0 spiro atoms. The van der Waals surface area contributed by atoms with Gasteiger partial charge in [-0.2, -0.15) is 0 Å². The standard InChI is InChI=1S/C15H17NO3S/c1-9(2)13(20-19)16-12(17)10-7-5-6-8-11(10)15(3,4)14(16)18/h5-9H,1-4H3. The van der Waals surface area contributed by atoms with E-state index in [1.54, 1.807) is 45.9 Å². The molecule has 1 aliphatic heterocycles. The number of carbonyl (C=O) groups is 2. The van der Waals surface area contributed by atoms with Gasteiger partial charge >= 0.3 is 0 Å². The van der Waals surface area contributed by atoms with Gasteiger partial charge in [-0.1, -0.05) is 32.0 Å². The zero-order valence-corrected chi connectivity index (χ0v) is 12.8. The Morgan fingerprint density at radius 1 is 1.20 bits per heavy atom. The van der Waals surface area contributed by atoms with E-state index in [1.807, 2.05) is 6.07 Å². The molecule has 0 bridgehead atoms. The fourth-order valence-electron chi connectivity index (χ4n) is 2.41. The highest BCUT2D eigenvalue weighted by Crippen LogP contribution is 2.34. The third-order valence-electron chi connectivity index (χ3n) is 3.57. The van der Waals surface area contributed by atoms with Crippen LogP contribution in [0.3, 0.4) is 0 Å². The molecule has 0 N–H and O–H groups in total. The number of imide groups is 1. The molecular formula is C15H17NO3S. The Bertz CT molecular complexity index is 642. The lowest BCUT2D eigenvalue weighted by Gasteiger charge is -2.37. The first-order valence-corrected chi connectivity index (χ1v) is 7.21. The maximum absolute atomic E-state index is 12.7. The highest BCUT2D eigenvalue weighted by Gasteiger charge is 2.46. The monoisotopic (exact) mass is 291 g/mol. The minimum atomic E-state index is -0.819. The smallest absolute Gasteiger partial charge is 0.265 e. The number of amides is 2. The van der Waals surface area contributed by atoms with Crippen molar-refractivity contribution in [1.82, 2.24) is 4.90 Å². The zero-order valence-electron chi connectivity index (χ0n) is 12.0. The maximum Gasteiger partial charge on any atom is 0.265 e. The van der Waals surface area contributed by atoms with E-state index >= 15 is 0 Å². The lowest BCUT2D eigenvalue weighted by Crippen LogP contribution is -2.55. The molecule has 106 valence electrons. The van der Waals surface area contributed by atoms with E-state index in [1.165, 1.54) is 0 Å². The molecule has 1 aliphatic rings. The molecule has 0 aromatic heterocycles. The molecule has 5 heteroatoms. The first-order chi connectivity index (χ1) is 9.32. The molecule has 0 aliphatic carbocycles. The van der Waals surface area contributed by atoms with Crippen molar-refractivity contribution in [3.8, 4) is 0 Å². The molecule has 0 fully saturated rings. The van der Waals surface area contributed by atoms with Gasteiger partial charge in [0.15, 0.2) is 0 Å². The summed E-state index contributed by atoms with van der Waals surface area (Å²) in [5.41, 5.74) is 0.384. The minimum Gasteiger partial charge on any atom is -0.273 e. The third-order valence-corrected chi connectivity index (χ3v) is 4.40. The lowest BCUT2D eigenvalue weighted by molar-refractivity contribution is -0.130. The second-order valence-corrected chi connectivity index (χ2v) is 6.28. The molecule has 0 saturated carbocycles. The van der Waals surface area contributed by atoms with Crippen LogP contribution in [0.5, 0.6) is 0 Å². The van der Waals surface area contributed by atoms with E-state index in [2.05, 4.69) is 0 Å². The van der Waals surface area contributed by atoms with Crippen molar-refractivity contribution in [2.45, 2.75) is 33.1 Å². The van der Waals surface area contributed by atoms with Crippen LogP contribution in [0.2, 0.25) is 0 Å². The van der Waals surface area contributed by atoms with E-state index in [0.717, 1.165) is 4.90 Å². The summed E-state index contributed by atoms with van der Waals surface area (Å²) in [6.45, 7) is 7.16. The topological polar surface area (TPSA) is 54.5 Å². The van der Waals surface area contributed by atoms with Gasteiger partial charge in [-0.05, 0) is 25.5 Å². The van der Waals surface area contributed by atoms with Gasteiger partial charge in [0.2, 0.25) is 5.91 Å². The summed E-state index contributed by atoms with van der Waals surface area (Å²) in [6.07, 6.45) is 0. The van der Waals surface area contributed by atoms with Crippen molar-refractivity contribution >= 4 is 28.1 Å². The average Bonchev–Trinajstić information content (AvgIpc) is 2.41. The molecule has 20 heavy (non-hydrogen) atoms. The number of fused-ring (bicyclic) bond motifs is 1. The number of nitrogens with zero attached hydrogens (tertiary/aromatic N) is 1. The van der Waals surface area contributed by atoms with Gasteiger partial charge < -0.3 is 0 Å². The molecule has 1 heterocycles. The SMILES string of the molecule is CC(C)C(=S=O)N1C(=O)c2ccccc2C(C)(C)C1=O. The number of hydrogen-bond acceptors (Lipinski definition) is 3. The summed E-state index contributed by atoms with van der Waals surface area (Å²) in [5, 5.41) is 0. The summed E-state index contributed by atoms with van der Waals surface area (Å²) in [4.78, 5) is 26.5. The van der Waals surface area contributed by atoms with Gasteiger partial charge in [-0.15, -0.1) is 0 Å². The normalized spacial score (nSPS) is 17.1. The predicted molar refractivity (Wildman–Crippen MR) is 78.6 cm³/mol.